The molecule has 3 aliphatic heterocycles. The Hall–Kier alpha value is -5.18. The van der Waals surface area contributed by atoms with E-state index in [0.717, 1.165) is 70.1 Å². The van der Waals surface area contributed by atoms with Crippen molar-refractivity contribution < 1.29 is 37.0 Å². The highest BCUT2D eigenvalue weighted by atomic mass is 19.4. The van der Waals surface area contributed by atoms with Gasteiger partial charge in [0.2, 0.25) is 0 Å². The first kappa shape index (κ1) is 34.3. The standard InChI is InChI=1S/C36H39F3N6O6/c1-35(24-44-23-33(45(46)47)40-34(44)51-35)25-48-29-8-6-28(7-9-29)43-20-18-41(19-21-43)22-26-2-4-27(5-3-26)42-16-14-31(15-17-42)49-30-10-12-32(13-11-30)50-36(37,38)39/h2-13,23,31H,14-22,24-25H2,1H3. The van der Waals surface area contributed by atoms with Crippen LogP contribution in [0, 0.1) is 10.1 Å². The van der Waals surface area contributed by atoms with Crippen LogP contribution in [0.5, 0.6) is 23.3 Å². The molecule has 3 aromatic carbocycles. The Morgan fingerprint density at radius 2 is 1.45 bits per heavy atom. The van der Waals surface area contributed by atoms with Gasteiger partial charge in [0.25, 0.3) is 0 Å². The molecule has 0 spiro atoms. The number of nitro groups is 1. The van der Waals surface area contributed by atoms with Crippen LogP contribution in [0.2, 0.25) is 0 Å². The van der Waals surface area contributed by atoms with Crippen molar-refractivity contribution in [1.29, 1.82) is 0 Å². The van der Waals surface area contributed by atoms with Crippen molar-refractivity contribution in [3.8, 4) is 23.3 Å². The summed E-state index contributed by atoms with van der Waals surface area (Å²) >= 11 is 0. The molecule has 270 valence electrons. The Morgan fingerprint density at radius 3 is 2.06 bits per heavy atom. The molecule has 1 aromatic heterocycles. The summed E-state index contributed by atoms with van der Waals surface area (Å²) in [5.41, 5.74) is 2.92. The van der Waals surface area contributed by atoms with Gasteiger partial charge in [-0.1, -0.05) is 12.1 Å². The molecule has 0 aliphatic carbocycles. The maximum Gasteiger partial charge on any atom is 0.573 e. The van der Waals surface area contributed by atoms with E-state index in [2.05, 4.69) is 60.8 Å². The monoisotopic (exact) mass is 708 g/mol. The molecule has 2 saturated heterocycles. The molecule has 4 heterocycles. The minimum absolute atomic E-state index is 0.00369. The molecule has 2 fully saturated rings. The van der Waals surface area contributed by atoms with Crippen molar-refractivity contribution in [2.45, 2.75) is 50.9 Å². The van der Waals surface area contributed by atoms with E-state index in [9.17, 15) is 23.3 Å². The fourth-order valence-electron chi connectivity index (χ4n) is 6.72. The predicted molar refractivity (Wildman–Crippen MR) is 183 cm³/mol. The Labute approximate surface area is 293 Å². The average Bonchev–Trinajstić information content (AvgIpc) is 3.65. The lowest BCUT2D eigenvalue weighted by molar-refractivity contribution is -0.389. The summed E-state index contributed by atoms with van der Waals surface area (Å²) in [6.07, 6.45) is -1.69. The molecule has 0 saturated carbocycles. The van der Waals surface area contributed by atoms with Gasteiger partial charge in [-0.25, -0.2) is 0 Å². The van der Waals surface area contributed by atoms with Crippen LogP contribution in [-0.2, 0) is 13.1 Å². The normalized spacial score (nSPS) is 19.8. The summed E-state index contributed by atoms with van der Waals surface area (Å²) in [6.45, 7) is 8.90. The zero-order chi connectivity index (χ0) is 35.6. The molecule has 3 aliphatic rings. The molecular weight excluding hydrogens is 669 g/mol. The third-order valence-electron chi connectivity index (χ3n) is 9.38. The van der Waals surface area contributed by atoms with Gasteiger partial charge in [-0.2, -0.15) is 0 Å². The van der Waals surface area contributed by atoms with Crippen LogP contribution in [0.15, 0.2) is 79.0 Å². The van der Waals surface area contributed by atoms with Crippen LogP contribution in [0.25, 0.3) is 0 Å². The number of rotatable bonds is 11. The number of piperazine rings is 1. The third-order valence-corrected chi connectivity index (χ3v) is 9.38. The number of fused-ring (bicyclic) bond motifs is 1. The molecule has 12 nitrogen and oxygen atoms in total. The summed E-state index contributed by atoms with van der Waals surface area (Å²) in [4.78, 5) is 21.5. The predicted octanol–water partition coefficient (Wildman–Crippen LogP) is 6.29. The molecule has 1 atom stereocenters. The number of aromatic nitrogens is 2. The molecular formula is C36H39F3N6O6. The first-order valence-corrected chi connectivity index (χ1v) is 16.9. The fourth-order valence-corrected chi connectivity index (χ4v) is 6.72. The third kappa shape index (κ3) is 8.59. The Morgan fingerprint density at radius 1 is 0.863 bits per heavy atom. The highest BCUT2D eigenvalue weighted by Gasteiger charge is 2.41. The summed E-state index contributed by atoms with van der Waals surface area (Å²) in [5, 5.41) is 11.0. The van der Waals surface area contributed by atoms with Gasteiger partial charge in [-0.05, 0) is 78.1 Å². The highest BCUT2D eigenvalue weighted by molar-refractivity contribution is 5.50. The van der Waals surface area contributed by atoms with E-state index in [-0.39, 0.29) is 30.3 Å². The van der Waals surface area contributed by atoms with E-state index < -0.39 is 16.9 Å². The van der Waals surface area contributed by atoms with Crippen molar-refractivity contribution in [3.05, 3.63) is 94.7 Å². The van der Waals surface area contributed by atoms with Crippen LogP contribution in [0.1, 0.15) is 25.3 Å². The molecule has 1 unspecified atom stereocenters. The van der Waals surface area contributed by atoms with Gasteiger partial charge in [0.1, 0.15) is 36.2 Å². The maximum atomic E-state index is 12.4. The second kappa shape index (κ2) is 14.2. The van der Waals surface area contributed by atoms with Crippen LogP contribution < -0.4 is 28.7 Å². The lowest BCUT2D eigenvalue weighted by Crippen LogP contribution is -2.45. The summed E-state index contributed by atoms with van der Waals surface area (Å²) in [6, 6.07) is 22.6. The zero-order valence-electron chi connectivity index (χ0n) is 28.1. The number of imidazole rings is 1. The van der Waals surface area contributed by atoms with E-state index >= 15 is 0 Å². The zero-order valence-corrected chi connectivity index (χ0v) is 28.1. The second-order valence-corrected chi connectivity index (χ2v) is 13.4. The average molecular weight is 709 g/mol. The number of anilines is 2. The quantitative estimate of drug-likeness (QED) is 0.130. The topological polar surface area (TPSA) is 108 Å². The molecule has 0 radical (unpaired) electrons. The number of hydrogen-bond donors (Lipinski definition) is 0. The molecule has 0 N–H and O–H groups in total. The van der Waals surface area contributed by atoms with Gasteiger partial charge in [0.05, 0.1) is 6.54 Å². The van der Waals surface area contributed by atoms with E-state index in [1.54, 1.807) is 4.57 Å². The number of piperidine rings is 1. The number of hydrogen-bond acceptors (Lipinski definition) is 10. The van der Waals surface area contributed by atoms with Crippen molar-refractivity contribution in [2.24, 2.45) is 0 Å². The maximum absolute atomic E-state index is 12.4. The summed E-state index contributed by atoms with van der Waals surface area (Å²) in [5.74, 6) is 0.773. The Balaban J connectivity index is 0.814. The Bertz CT molecular complexity index is 1760. The molecule has 4 aromatic rings. The van der Waals surface area contributed by atoms with Gasteiger partial charge >= 0.3 is 18.2 Å². The molecule has 7 rings (SSSR count). The van der Waals surface area contributed by atoms with Crippen LogP contribution in [0.3, 0.4) is 0 Å². The number of halogens is 3. The fraction of sp³-hybridized carbons (Fsp3) is 0.417. The number of benzene rings is 3. The van der Waals surface area contributed by atoms with E-state index in [4.69, 9.17) is 14.2 Å². The van der Waals surface area contributed by atoms with Gasteiger partial charge in [-0.15, -0.1) is 13.2 Å². The number of nitrogens with zero attached hydrogens (tertiary/aromatic N) is 6. The number of alkyl halides is 3. The van der Waals surface area contributed by atoms with Crippen molar-refractivity contribution in [3.63, 3.8) is 0 Å². The van der Waals surface area contributed by atoms with Gasteiger partial charge < -0.3 is 38.9 Å². The van der Waals surface area contributed by atoms with Gasteiger partial charge in [-0.3, -0.25) is 9.47 Å². The lowest BCUT2D eigenvalue weighted by Gasteiger charge is -2.36. The van der Waals surface area contributed by atoms with Crippen molar-refractivity contribution in [1.82, 2.24) is 14.5 Å². The minimum atomic E-state index is -4.71. The van der Waals surface area contributed by atoms with Crippen molar-refractivity contribution >= 4 is 17.2 Å². The molecule has 15 heteroatoms. The van der Waals surface area contributed by atoms with Crippen molar-refractivity contribution in [2.75, 3.05) is 55.7 Å². The van der Waals surface area contributed by atoms with Crippen LogP contribution >= 0.6 is 0 Å². The number of ether oxygens (including phenoxy) is 4. The minimum Gasteiger partial charge on any atom is -0.490 e. The summed E-state index contributed by atoms with van der Waals surface area (Å²) in [7, 11) is 0. The largest absolute Gasteiger partial charge is 0.573 e. The van der Waals surface area contributed by atoms with Gasteiger partial charge in [0.15, 0.2) is 5.60 Å². The summed E-state index contributed by atoms with van der Waals surface area (Å²) < 4.78 is 60.7. The molecule has 51 heavy (non-hydrogen) atoms. The van der Waals surface area contributed by atoms with E-state index in [1.807, 2.05) is 19.1 Å². The molecule has 0 bridgehead atoms. The highest BCUT2D eigenvalue weighted by Crippen LogP contribution is 2.32. The first-order valence-electron chi connectivity index (χ1n) is 16.9. The first-order chi connectivity index (χ1) is 24.5. The van der Waals surface area contributed by atoms with E-state index in [0.29, 0.717) is 12.3 Å². The van der Waals surface area contributed by atoms with Gasteiger partial charge in [0, 0.05) is 75.0 Å². The van der Waals surface area contributed by atoms with E-state index in [1.165, 1.54) is 41.7 Å². The molecule has 0 amide bonds. The SMILES string of the molecule is CC1(COc2ccc(N3CCN(Cc4ccc(N5CCC(Oc6ccc(OC(F)(F)F)cc6)CC5)cc4)CC3)cc2)Cn2cc([N+](=O)[O-])nc2O1. The second-order valence-electron chi connectivity index (χ2n) is 13.4. The lowest BCUT2D eigenvalue weighted by atomic mass is 10.1. The van der Waals surface area contributed by atoms with Crippen LogP contribution in [0.4, 0.5) is 30.4 Å². The van der Waals surface area contributed by atoms with Crippen LogP contribution in [-0.4, -0.2) is 83.3 Å². The smallest absolute Gasteiger partial charge is 0.490 e. The Kier molecular flexibility index (Phi) is 9.55.